The third kappa shape index (κ3) is 1.27. The monoisotopic (exact) mass is 204 g/mol. The summed E-state index contributed by atoms with van der Waals surface area (Å²) in [4.78, 5) is 0.768. The van der Waals surface area contributed by atoms with E-state index < -0.39 is 0 Å². The van der Waals surface area contributed by atoms with Crippen molar-refractivity contribution < 1.29 is 0 Å². The van der Waals surface area contributed by atoms with E-state index in [2.05, 4.69) is 18.7 Å². The molecule has 14 heavy (non-hydrogen) atoms. The van der Waals surface area contributed by atoms with Crippen molar-refractivity contribution in [2.75, 3.05) is 5.73 Å². The van der Waals surface area contributed by atoms with Crippen molar-refractivity contribution in [3.63, 3.8) is 0 Å². The first-order chi connectivity index (χ1) is 6.68. The van der Waals surface area contributed by atoms with Gasteiger partial charge in [-0.25, -0.2) is 0 Å². The van der Waals surface area contributed by atoms with E-state index >= 15 is 0 Å². The van der Waals surface area contributed by atoms with Crippen LogP contribution in [0, 0.1) is 11.3 Å². The molecule has 0 unspecified atom stereocenters. The topological polar surface area (TPSA) is 49.8 Å². The quantitative estimate of drug-likeness (QED) is 0.545. The van der Waals surface area contributed by atoms with Gasteiger partial charge in [-0.15, -0.1) is 12.6 Å². The molecule has 0 radical (unpaired) electrons. The maximum Gasteiger partial charge on any atom is 0.0822 e. The Labute approximate surface area is 89.1 Å². The lowest BCUT2D eigenvalue weighted by Crippen LogP contribution is -2.32. The van der Waals surface area contributed by atoms with Crippen LogP contribution in [0.15, 0.2) is 23.1 Å². The molecule has 2 N–H and O–H groups in total. The Morgan fingerprint density at radius 3 is 2.57 bits per heavy atom. The van der Waals surface area contributed by atoms with Crippen molar-refractivity contribution in [1.29, 1.82) is 5.26 Å². The fraction of sp³-hybridized carbons (Fsp3) is 0.364. The Kier molecular flexibility index (Phi) is 2.16. The van der Waals surface area contributed by atoms with Crippen LogP contribution < -0.4 is 5.73 Å². The van der Waals surface area contributed by atoms with Gasteiger partial charge in [-0.1, -0.05) is 6.07 Å². The van der Waals surface area contributed by atoms with Gasteiger partial charge in [0.15, 0.2) is 0 Å². The van der Waals surface area contributed by atoms with Gasteiger partial charge in [0, 0.05) is 10.6 Å². The first-order valence-electron chi connectivity index (χ1n) is 4.68. The lowest BCUT2D eigenvalue weighted by molar-refractivity contribution is 0.323. The Bertz CT molecular complexity index is 402. The van der Waals surface area contributed by atoms with Gasteiger partial charge in [0.05, 0.1) is 11.5 Å². The maximum atomic E-state index is 9.14. The summed E-state index contributed by atoms with van der Waals surface area (Å²) in [6, 6.07) is 8.09. The molecule has 0 saturated heterocycles. The van der Waals surface area contributed by atoms with Crippen LogP contribution in [-0.2, 0) is 5.41 Å². The summed E-state index contributed by atoms with van der Waals surface area (Å²) >= 11 is 4.27. The lowest BCUT2D eigenvalue weighted by Gasteiger charge is -2.35. The average Bonchev–Trinajstić information content (AvgIpc) is 2.10. The van der Waals surface area contributed by atoms with E-state index in [1.165, 1.54) is 0 Å². The molecule has 2 nitrogen and oxygen atoms in total. The number of benzene rings is 1. The molecule has 0 aromatic heterocycles. The third-order valence-corrected chi connectivity index (χ3v) is 3.39. The molecule has 1 aliphatic carbocycles. The number of rotatable bonds is 1. The number of hydrogen-bond acceptors (Lipinski definition) is 3. The van der Waals surface area contributed by atoms with Gasteiger partial charge in [0.25, 0.3) is 0 Å². The molecular weight excluding hydrogens is 192 g/mol. The van der Waals surface area contributed by atoms with Crippen LogP contribution >= 0.6 is 12.6 Å². The Morgan fingerprint density at radius 1 is 1.43 bits per heavy atom. The second-order valence-electron chi connectivity index (χ2n) is 3.82. The molecule has 3 heteroatoms. The summed E-state index contributed by atoms with van der Waals surface area (Å²) in [5.74, 6) is 0. The predicted octanol–water partition coefficient (Wildman–Crippen LogP) is 2.50. The first-order valence-corrected chi connectivity index (χ1v) is 5.13. The van der Waals surface area contributed by atoms with Crippen LogP contribution in [0.25, 0.3) is 0 Å². The van der Waals surface area contributed by atoms with E-state index in [0.717, 1.165) is 29.7 Å². The van der Waals surface area contributed by atoms with Gasteiger partial charge in [0.1, 0.15) is 0 Å². The standard InChI is InChI=1S/C11H12N2S/c12-7-11(4-1-5-11)8-2-3-9(13)10(14)6-8/h2-3,6,14H,1,4-5,13H2. The smallest absolute Gasteiger partial charge is 0.0822 e. The second-order valence-corrected chi connectivity index (χ2v) is 4.30. The van der Waals surface area contributed by atoms with Crippen molar-refractivity contribution in [2.24, 2.45) is 0 Å². The molecular formula is C11H12N2S. The van der Waals surface area contributed by atoms with Crippen molar-refractivity contribution >= 4 is 18.3 Å². The van der Waals surface area contributed by atoms with E-state index in [9.17, 15) is 0 Å². The van der Waals surface area contributed by atoms with Crippen molar-refractivity contribution in [3.05, 3.63) is 23.8 Å². The summed E-state index contributed by atoms with van der Waals surface area (Å²) < 4.78 is 0. The number of hydrogen-bond donors (Lipinski definition) is 2. The predicted molar refractivity (Wildman–Crippen MR) is 59.2 cm³/mol. The molecule has 1 fully saturated rings. The molecule has 0 atom stereocenters. The highest BCUT2D eigenvalue weighted by Gasteiger charge is 2.38. The van der Waals surface area contributed by atoms with Gasteiger partial charge >= 0.3 is 0 Å². The van der Waals surface area contributed by atoms with E-state index in [-0.39, 0.29) is 5.41 Å². The van der Waals surface area contributed by atoms with Crippen molar-refractivity contribution in [2.45, 2.75) is 29.6 Å². The minimum Gasteiger partial charge on any atom is -0.398 e. The molecule has 1 saturated carbocycles. The molecule has 0 spiro atoms. The van der Waals surface area contributed by atoms with Gasteiger partial charge in [0.2, 0.25) is 0 Å². The number of nitriles is 1. The second kappa shape index (κ2) is 3.21. The minimum absolute atomic E-state index is 0.259. The molecule has 0 aliphatic heterocycles. The van der Waals surface area contributed by atoms with Gasteiger partial charge in [-0.2, -0.15) is 5.26 Å². The van der Waals surface area contributed by atoms with Crippen molar-refractivity contribution in [1.82, 2.24) is 0 Å². The SMILES string of the molecule is N#CC1(c2ccc(N)c(S)c2)CCC1. The number of thiol groups is 1. The van der Waals surface area contributed by atoms with E-state index in [1.54, 1.807) is 0 Å². The minimum atomic E-state index is -0.259. The fourth-order valence-corrected chi connectivity index (χ4v) is 2.05. The summed E-state index contributed by atoms with van der Waals surface area (Å²) in [5, 5.41) is 9.14. The molecule has 2 rings (SSSR count). The fourth-order valence-electron chi connectivity index (χ4n) is 1.84. The average molecular weight is 204 g/mol. The molecule has 0 heterocycles. The highest BCUT2D eigenvalue weighted by atomic mass is 32.1. The molecule has 1 aromatic rings. The zero-order valence-electron chi connectivity index (χ0n) is 7.83. The highest BCUT2D eigenvalue weighted by molar-refractivity contribution is 7.80. The number of nitrogen functional groups attached to an aromatic ring is 1. The summed E-state index contributed by atoms with van der Waals surface area (Å²) in [6.45, 7) is 0. The van der Waals surface area contributed by atoms with Gasteiger partial charge in [-0.3, -0.25) is 0 Å². The molecule has 0 bridgehead atoms. The highest BCUT2D eigenvalue weighted by Crippen LogP contribution is 2.43. The zero-order valence-corrected chi connectivity index (χ0v) is 8.72. The van der Waals surface area contributed by atoms with Gasteiger partial charge in [-0.05, 0) is 37.0 Å². The van der Waals surface area contributed by atoms with E-state index in [1.807, 2.05) is 18.2 Å². The third-order valence-electron chi connectivity index (χ3n) is 3.00. The largest absolute Gasteiger partial charge is 0.398 e. The Balaban J connectivity index is 2.42. The zero-order chi connectivity index (χ0) is 10.2. The van der Waals surface area contributed by atoms with Crippen LogP contribution in [0.4, 0.5) is 5.69 Å². The van der Waals surface area contributed by atoms with E-state index in [4.69, 9.17) is 11.0 Å². The van der Waals surface area contributed by atoms with E-state index in [0.29, 0.717) is 5.69 Å². The van der Waals surface area contributed by atoms with Crippen LogP contribution in [0.5, 0.6) is 0 Å². The van der Waals surface area contributed by atoms with Crippen LogP contribution in [0.1, 0.15) is 24.8 Å². The Hall–Kier alpha value is -1.14. The summed E-state index contributed by atoms with van der Waals surface area (Å²) in [5.41, 5.74) is 7.15. The molecule has 0 amide bonds. The van der Waals surface area contributed by atoms with Crippen LogP contribution in [0.3, 0.4) is 0 Å². The summed E-state index contributed by atoms with van der Waals surface area (Å²) in [6.07, 6.45) is 3.06. The van der Waals surface area contributed by atoms with Gasteiger partial charge < -0.3 is 5.73 Å². The Morgan fingerprint density at radius 2 is 2.14 bits per heavy atom. The summed E-state index contributed by atoms with van der Waals surface area (Å²) in [7, 11) is 0. The molecule has 1 aliphatic rings. The molecule has 1 aromatic carbocycles. The number of nitrogens with two attached hydrogens (primary N) is 1. The number of nitrogens with zero attached hydrogens (tertiary/aromatic N) is 1. The van der Waals surface area contributed by atoms with Crippen LogP contribution in [0.2, 0.25) is 0 Å². The molecule has 72 valence electrons. The first kappa shape index (κ1) is 9.42. The van der Waals surface area contributed by atoms with Crippen LogP contribution in [-0.4, -0.2) is 0 Å². The van der Waals surface area contributed by atoms with Crippen molar-refractivity contribution in [3.8, 4) is 6.07 Å². The normalized spacial score (nSPS) is 18.3. The lowest BCUT2D eigenvalue weighted by atomic mass is 9.65. The maximum absolute atomic E-state index is 9.14. The number of anilines is 1.